The molecule has 11 heteroatoms. The molecule has 0 bridgehead atoms. The number of anilines is 1. The molecular formula is C40H45N2O6S3+. The Balaban J connectivity index is 1.42. The molecule has 51 heavy (non-hydrogen) atoms. The Labute approximate surface area is 310 Å². The van der Waals surface area contributed by atoms with Crippen LogP contribution in [0.15, 0.2) is 130 Å². The molecule has 8 nitrogen and oxygen atoms in total. The van der Waals surface area contributed by atoms with E-state index in [0.717, 1.165) is 58.9 Å². The number of nitrogens with zero attached hydrogens (tertiary/aromatic N) is 2. The molecule has 3 aliphatic rings. The van der Waals surface area contributed by atoms with Crippen LogP contribution in [0.4, 0.5) is 11.4 Å². The molecule has 0 aromatic heterocycles. The SMILES string of the molecule is CC1(C)C(=CC=C2CCCC(C=CC3=[N+](CCS(=O)(=O)O)c4ccccc4C3(C)C)=C2Sc2ccccc2)N(CCSOOO)c2ccccc21. The largest absolute Gasteiger partial charge is 0.343 e. The summed E-state index contributed by atoms with van der Waals surface area (Å²) in [4.78, 5) is 4.71. The lowest BCUT2D eigenvalue weighted by molar-refractivity contribution is -0.432. The minimum Gasteiger partial charge on any atom is -0.343 e. The Bertz CT molecular complexity index is 2030. The Morgan fingerprint density at radius 1 is 0.882 bits per heavy atom. The van der Waals surface area contributed by atoms with Crippen LogP contribution in [0, 0.1) is 0 Å². The fourth-order valence-corrected chi connectivity index (χ4v) is 9.38. The van der Waals surface area contributed by atoms with Crippen LogP contribution in [0.5, 0.6) is 0 Å². The molecule has 3 aromatic carbocycles. The van der Waals surface area contributed by atoms with Crippen molar-refractivity contribution in [2.75, 3.05) is 29.5 Å². The average molecular weight is 746 g/mol. The van der Waals surface area contributed by atoms with E-state index in [0.29, 0.717) is 12.3 Å². The van der Waals surface area contributed by atoms with Gasteiger partial charge in [-0.1, -0.05) is 97.4 Å². The van der Waals surface area contributed by atoms with Crippen molar-refractivity contribution < 1.29 is 32.2 Å². The van der Waals surface area contributed by atoms with Crippen LogP contribution in [0.3, 0.4) is 0 Å². The summed E-state index contributed by atoms with van der Waals surface area (Å²) >= 11 is 2.84. The maximum Gasteiger partial charge on any atom is 0.271 e. The maximum atomic E-state index is 11.8. The highest BCUT2D eigenvalue weighted by Crippen LogP contribution is 2.48. The van der Waals surface area contributed by atoms with Crippen LogP contribution in [0.25, 0.3) is 0 Å². The summed E-state index contributed by atoms with van der Waals surface area (Å²) in [5, 5.41) is 12.5. The third-order valence-corrected chi connectivity index (χ3v) is 12.4. The molecule has 3 aromatic rings. The predicted molar refractivity (Wildman–Crippen MR) is 208 cm³/mol. The van der Waals surface area contributed by atoms with Crippen LogP contribution >= 0.6 is 23.8 Å². The van der Waals surface area contributed by atoms with Gasteiger partial charge in [-0.15, -0.1) is 4.33 Å². The highest BCUT2D eigenvalue weighted by molar-refractivity contribution is 8.03. The summed E-state index contributed by atoms with van der Waals surface area (Å²) in [6.45, 7) is 9.68. The lowest BCUT2D eigenvalue weighted by atomic mass is 9.81. The molecule has 2 heterocycles. The van der Waals surface area contributed by atoms with Crippen molar-refractivity contribution in [3.63, 3.8) is 0 Å². The minimum atomic E-state index is -4.14. The molecule has 0 amide bonds. The van der Waals surface area contributed by atoms with E-state index in [1.54, 1.807) is 11.8 Å². The number of para-hydroxylation sites is 2. The molecule has 1 aliphatic carbocycles. The van der Waals surface area contributed by atoms with Gasteiger partial charge in [-0.25, -0.2) is 5.26 Å². The van der Waals surface area contributed by atoms with Gasteiger partial charge in [-0.3, -0.25) is 4.55 Å². The summed E-state index contributed by atoms with van der Waals surface area (Å²) in [6.07, 6.45) is 11.8. The van der Waals surface area contributed by atoms with E-state index < -0.39 is 10.1 Å². The maximum absolute atomic E-state index is 11.8. The van der Waals surface area contributed by atoms with Crippen molar-refractivity contribution in [1.29, 1.82) is 0 Å². The van der Waals surface area contributed by atoms with Gasteiger partial charge in [0.15, 0.2) is 12.3 Å². The second kappa shape index (κ2) is 15.7. The highest BCUT2D eigenvalue weighted by atomic mass is 32.2. The molecule has 0 fully saturated rings. The summed E-state index contributed by atoms with van der Waals surface area (Å²) < 4.78 is 40.1. The monoisotopic (exact) mass is 745 g/mol. The third-order valence-electron chi connectivity index (χ3n) is 9.97. The van der Waals surface area contributed by atoms with E-state index in [-0.39, 0.29) is 23.1 Å². The minimum absolute atomic E-state index is 0.161. The Morgan fingerprint density at radius 3 is 2.33 bits per heavy atom. The van der Waals surface area contributed by atoms with Gasteiger partial charge < -0.3 is 4.90 Å². The molecule has 268 valence electrons. The van der Waals surface area contributed by atoms with Gasteiger partial charge in [0, 0.05) is 68.6 Å². The third kappa shape index (κ3) is 8.15. The number of hydrogen-bond acceptors (Lipinski definition) is 8. The molecule has 2 N–H and O–H groups in total. The zero-order chi connectivity index (χ0) is 36.2. The van der Waals surface area contributed by atoms with E-state index in [4.69, 9.17) is 5.26 Å². The normalized spacial score (nSPS) is 19.8. The summed E-state index contributed by atoms with van der Waals surface area (Å²) in [5.74, 6) is 0.232. The zero-order valence-corrected chi connectivity index (χ0v) is 31.9. The molecule has 0 unspecified atom stereocenters. The van der Waals surface area contributed by atoms with Crippen molar-refractivity contribution in [3.8, 4) is 0 Å². The fraction of sp³-hybridized carbons (Fsp3) is 0.325. The number of allylic oxidation sites excluding steroid dienone is 7. The van der Waals surface area contributed by atoms with Crippen LogP contribution in [-0.2, 0) is 30.3 Å². The molecule has 0 spiro atoms. The lowest BCUT2D eigenvalue weighted by Gasteiger charge is -2.27. The van der Waals surface area contributed by atoms with Crippen molar-refractivity contribution in [2.45, 2.75) is 62.7 Å². The van der Waals surface area contributed by atoms with E-state index >= 15 is 0 Å². The van der Waals surface area contributed by atoms with E-state index in [1.807, 2.05) is 28.8 Å². The topological polar surface area (TPSA) is 99.3 Å². The van der Waals surface area contributed by atoms with Gasteiger partial charge in [-0.05, 0) is 74.1 Å². The predicted octanol–water partition coefficient (Wildman–Crippen LogP) is 9.41. The van der Waals surface area contributed by atoms with Gasteiger partial charge >= 0.3 is 0 Å². The van der Waals surface area contributed by atoms with Crippen LogP contribution in [-0.4, -0.2) is 53.1 Å². The van der Waals surface area contributed by atoms with E-state index in [9.17, 15) is 13.0 Å². The lowest BCUT2D eigenvalue weighted by Crippen LogP contribution is -2.29. The van der Waals surface area contributed by atoms with Gasteiger partial charge in [0.2, 0.25) is 5.69 Å². The quantitative estimate of drug-likeness (QED) is 0.0443. The summed E-state index contributed by atoms with van der Waals surface area (Å²) in [5.41, 5.74) is 8.60. The number of benzene rings is 3. The summed E-state index contributed by atoms with van der Waals surface area (Å²) in [7, 11) is -4.14. The van der Waals surface area contributed by atoms with Crippen LogP contribution < -0.4 is 4.90 Å². The Kier molecular flexibility index (Phi) is 11.5. The first-order valence-electron chi connectivity index (χ1n) is 17.1. The number of fused-ring (bicyclic) bond motifs is 2. The number of hydrogen-bond donors (Lipinski definition) is 2. The molecule has 0 saturated carbocycles. The zero-order valence-electron chi connectivity index (χ0n) is 29.4. The van der Waals surface area contributed by atoms with Gasteiger partial charge in [0.25, 0.3) is 10.1 Å². The first-order chi connectivity index (χ1) is 24.4. The van der Waals surface area contributed by atoms with Gasteiger partial charge in [-0.2, -0.15) is 13.0 Å². The molecule has 2 aliphatic heterocycles. The fourth-order valence-electron chi connectivity index (χ4n) is 7.47. The molecule has 0 saturated heterocycles. The van der Waals surface area contributed by atoms with Crippen molar-refractivity contribution in [2.24, 2.45) is 0 Å². The standard InChI is InChI=1S/C40H44N2O6S3/c1-39(2)32-17-8-10-19-34(32)41(25-27-49-48-47-43)36(39)23-21-29-13-12-14-30(38(29)50-31-15-6-5-7-16-31)22-24-37-40(3,4)33-18-9-11-20-35(33)42(37)26-28-51(44,45)46/h5-11,15-24H,12-14,25-28H2,1-4H3,(H-,43,44,45,46)/p+1. The molecule has 6 rings (SSSR count). The van der Waals surface area contributed by atoms with E-state index in [2.05, 4.69) is 121 Å². The smallest absolute Gasteiger partial charge is 0.271 e. The van der Waals surface area contributed by atoms with Gasteiger partial charge in [0.1, 0.15) is 5.75 Å². The van der Waals surface area contributed by atoms with Crippen molar-refractivity contribution >= 4 is 51.0 Å². The molecule has 0 radical (unpaired) electrons. The van der Waals surface area contributed by atoms with Crippen molar-refractivity contribution in [3.05, 3.63) is 136 Å². The molecular weight excluding hydrogens is 701 g/mol. The Hall–Kier alpha value is -3.42. The molecule has 0 atom stereocenters. The highest BCUT2D eigenvalue weighted by Gasteiger charge is 2.44. The summed E-state index contributed by atoms with van der Waals surface area (Å²) in [6, 6.07) is 27.0. The number of thioether (sulfide) groups is 1. The van der Waals surface area contributed by atoms with Crippen LogP contribution in [0.1, 0.15) is 58.1 Å². The van der Waals surface area contributed by atoms with E-state index in [1.165, 1.54) is 27.3 Å². The second-order valence-corrected chi connectivity index (χ2v) is 17.4. The second-order valence-electron chi connectivity index (χ2n) is 13.9. The van der Waals surface area contributed by atoms with Crippen molar-refractivity contribution in [1.82, 2.24) is 0 Å². The first-order valence-corrected chi connectivity index (χ1v) is 20.5. The van der Waals surface area contributed by atoms with Crippen LogP contribution in [0.2, 0.25) is 0 Å². The average Bonchev–Trinajstić information content (AvgIpc) is 3.46. The van der Waals surface area contributed by atoms with Gasteiger partial charge in [0.05, 0.1) is 5.41 Å². The first kappa shape index (κ1) is 37.3. The Morgan fingerprint density at radius 2 is 1.59 bits per heavy atom. The number of rotatable bonds is 13.